The monoisotopic (exact) mass is 461 g/mol. The number of aryl methyl sites for hydroxylation is 1. The fraction of sp³-hybridized carbons (Fsp3) is 0.259. The molecule has 176 valence electrons. The Morgan fingerprint density at radius 2 is 1.68 bits per heavy atom. The van der Waals surface area contributed by atoms with Crippen LogP contribution < -0.4 is 10.1 Å². The first kappa shape index (κ1) is 23.4. The summed E-state index contributed by atoms with van der Waals surface area (Å²) in [5, 5.41) is 2.91. The summed E-state index contributed by atoms with van der Waals surface area (Å²) in [7, 11) is 1.45. The van der Waals surface area contributed by atoms with Gasteiger partial charge in [0.1, 0.15) is 0 Å². The molecule has 0 unspecified atom stereocenters. The van der Waals surface area contributed by atoms with Crippen molar-refractivity contribution in [2.24, 2.45) is 0 Å². The number of benzene rings is 3. The highest BCUT2D eigenvalue weighted by molar-refractivity contribution is 6.05. The molecule has 0 radical (unpaired) electrons. The molecule has 0 atom stereocenters. The van der Waals surface area contributed by atoms with Crippen LogP contribution in [0.25, 0.3) is 0 Å². The quantitative estimate of drug-likeness (QED) is 0.593. The summed E-state index contributed by atoms with van der Waals surface area (Å²) in [5.74, 6) is -0.415. The second kappa shape index (κ2) is 10.5. The number of methoxy groups -OCH3 is 1. The molecule has 2 amide bonds. The molecule has 0 bridgehead atoms. The van der Waals surface area contributed by atoms with Gasteiger partial charge in [-0.2, -0.15) is 0 Å². The lowest BCUT2D eigenvalue weighted by Gasteiger charge is -2.35. The summed E-state index contributed by atoms with van der Waals surface area (Å²) in [6, 6.07) is 19.4. The van der Waals surface area contributed by atoms with E-state index in [0.717, 1.165) is 11.1 Å². The fourth-order valence-electron chi connectivity index (χ4n) is 4.03. The Hall–Kier alpha value is -3.71. The lowest BCUT2D eigenvalue weighted by molar-refractivity contribution is 0.0628. The Morgan fingerprint density at radius 1 is 0.941 bits per heavy atom. The molecule has 0 aromatic heterocycles. The maximum Gasteiger partial charge on any atom is 0.255 e. The van der Waals surface area contributed by atoms with E-state index in [2.05, 4.69) is 10.2 Å². The van der Waals surface area contributed by atoms with Crippen LogP contribution in [0.1, 0.15) is 31.8 Å². The van der Waals surface area contributed by atoms with Crippen LogP contribution in [0, 0.1) is 12.7 Å². The van der Waals surface area contributed by atoms with Crippen LogP contribution >= 0.6 is 0 Å². The maximum atomic E-state index is 14.0. The Kier molecular flexibility index (Phi) is 7.23. The SMILES string of the molecule is COc1ccc(CN2CCN(C(=O)c3ccc(C)c(NC(=O)c4ccccc4)c3)CC2)cc1F. The van der Waals surface area contributed by atoms with Crippen molar-refractivity contribution in [1.82, 2.24) is 9.80 Å². The average Bonchev–Trinajstić information content (AvgIpc) is 2.86. The molecule has 0 aliphatic carbocycles. The number of hydrogen-bond donors (Lipinski definition) is 1. The number of rotatable bonds is 6. The number of anilines is 1. The third kappa shape index (κ3) is 5.43. The molecule has 0 spiro atoms. The summed E-state index contributed by atoms with van der Waals surface area (Å²) in [5.41, 5.74) is 3.48. The van der Waals surface area contributed by atoms with E-state index < -0.39 is 0 Å². The number of hydrogen-bond acceptors (Lipinski definition) is 4. The van der Waals surface area contributed by atoms with Gasteiger partial charge in [-0.25, -0.2) is 4.39 Å². The molecule has 1 aliphatic rings. The van der Waals surface area contributed by atoms with Crippen LogP contribution in [0.15, 0.2) is 66.7 Å². The topological polar surface area (TPSA) is 61.9 Å². The van der Waals surface area contributed by atoms with Crippen LogP contribution in [0.4, 0.5) is 10.1 Å². The lowest BCUT2D eigenvalue weighted by Crippen LogP contribution is -2.48. The molecule has 1 aliphatic heterocycles. The van der Waals surface area contributed by atoms with E-state index in [1.54, 1.807) is 30.3 Å². The number of amides is 2. The zero-order chi connectivity index (χ0) is 24.1. The van der Waals surface area contributed by atoms with Crippen LogP contribution in [-0.2, 0) is 6.54 Å². The van der Waals surface area contributed by atoms with Crippen LogP contribution in [0.2, 0.25) is 0 Å². The van der Waals surface area contributed by atoms with E-state index in [9.17, 15) is 14.0 Å². The standard InChI is InChI=1S/C27H28FN3O3/c1-19-8-10-22(17-24(19)29-26(32)21-6-4-3-5-7-21)27(33)31-14-12-30(13-15-31)18-20-9-11-25(34-2)23(28)16-20/h3-11,16-17H,12-15,18H2,1-2H3,(H,29,32). The summed E-state index contributed by atoms with van der Waals surface area (Å²) < 4.78 is 19.0. The van der Waals surface area contributed by atoms with Gasteiger partial charge in [-0.05, 0) is 54.4 Å². The van der Waals surface area contributed by atoms with E-state index in [-0.39, 0.29) is 23.4 Å². The molecule has 3 aromatic carbocycles. The highest BCUT2D eigenvalue weighted by Crippen LogP contribution is 2.21. The predicted molar refractivity (Wildman–Crippen MR) is 130 cm³/mol. The highest BCUT2D eigenvalue weighted by atomic mass is 19.1. The smallest absolute Gasteiger partial charge is 0.255 e. The van der Waals surface area contributed by atoms with Crippen LogP contribution in [0.5, 0.6) is 5.75 Å². The van der Waals surface area contributed by atoms with Crippen molar-refractivity contribution >= 4 is 17.5 Å². The molecular formula is C27H28FN3O3. The summed E-state index contributed by atoms with van der Waals surface area (Å²) in [6.45, 7) is 5.07. The van der Waals surface area contributed by atoms with Gasteiger partial charge < -0.3 is 15.0 Å². The zero-order valence-corrected chi connectivity index (χ0v) is 19.4. The molecule has 1 saturated heterocycles. The maximum absolute atomic E-state index is 14.0. The first-order valence-corrected chi connectivity index (χ1v) is 11.3. The minimum atomic E-state index is -0.372. The van der Waals surface area contributed by atoms with Gasteiger partial charge in [0.05, 0.1) is 7.11 Å². The van der Waals surface area contributed by atoms with E-state index in [1.807, 2.05) is 42.2 Å². The Balaban J connectivity index is 1.37. The summed E-state index contributed by atoms with van der Waals surface area (Å²) in [4.78, 5) is 29.7. The van der Waals surface area contributed by atoms with Gasteiger partial charge in [0.2, 0.25) is 0 Å². The predicted octanol–water partition coefficient (Wildman–Crippen LogP) is 4.35. The van der Waals surface area contributed by atoms with E-state index in [0.29, 0.717) is 49.5 Å². The number of nitrogens with one attached hydrogen (secondary N) is 1. The zero-order valence-electron chi connectivity index (χ0n) is 19.4. The van der Waals surface area contributed by atoms with Crippen molar-refractivity contribution in [2.45, 2.75) is 13.5 Å². The first-order valence-electron chi connectivity index (χ1n) is 11.3. The summed E-state index contributed by atoms with van der Waals surface area (Å²) >= 11 is 0. The molecule has 4 rings (SSSR count). The average molecular weight is 462 g/mol. The molecule has 0 saturated carbocycles. The molecule has 7 heteroatoms. The molecule has 1 fully saturated rings. The van der Waals surface area contributed by atoms with Crippen molar-refractivity contribution in [2.75, 3.05) is 38.6 Å². The van der Waals surface area contributed by atoms with Gasteiger partial charge in [0.25, 0.3) is 11.8 Å². The van der Waals surface area contributed by atoms with Gasteiger partial charge in [-0.15, -0.1) is 0 Å². The minimum absolute atomic E-state index is 0.0645. The van der Waals surface area contributed by atoms with Crippen molar-refractivity contribution < 1.29 is 18.7 Å². The third-order valence-corrected chi connectivity index (χ3v) is 6.05. The van der Waals surface area contributed by atoms with Crippen molar-refractivity contribution in [1.29, 1.82) is 0 Å². The number of carbonyl (C=O) groups is 2. The second-order valence-electron chi connectivity index (χ2n) is 8.39. The van der Waals surface area contributed by atoms with E-state index in [4.69, 9.17) is 4.74 Å². The van der Waals surface area contributed by atoms with E-state index >= 15 is 0 Å². The summed E-state index contributed by atoms with van der Waals surface area (Å²) in [6.07, 6.45) is 0. The van der Waals surface area contributed by atoms with Crippen LogP contribution in [-0.4, -0.2) is 54.9 Å². The van der Waals surface area contributed by atoms with Gasteiger partial charge in [-0.1, -0.05) is 30.3 Å². The van der Waals surface area contributed by atoms with E-state index in [1.165, 1.54) is 13.2 Å². The molecule has 1 N–H and O–H groups in total. The van der Waals surface area contributed by atoms with Crippen LogP contribution in [0.3, 0.4) is 0 Å². The number of halogens is 1. The second-order valence-corrected chi connectivity index (χ2v) is 8.39. The normalized spacial score (nSPS) is 14.0. The number of ether oxygens (including phenoxy) is 1. The van der Waals surface area contributed by atoms with Gasteiger partial charge in [0.15, 0.2) is 11.6 Å². The largest absolute Gasteiger partial charge is 0.494 e. The van der Waals surface area contributed by atoms with Gasteiger partial charge >= 0.3 is 0 Å². The minimum Gasteiger partial charge on any atom is -0.494 e. The molecule has 34 heavy (non-hydrogen) atoms. The third-order valence-electron chi connectivity index (χ3n) is 6.05. The number of carbonyl (C=O) groups excluding carboxylic acids is 2. The Labute approximate surface area is 198 Å². The highest BCUT2D eigenvalue weighted by Gasteiger charge is 2.23. The molecular weight excluding hydrogens is 433 g/mol. The van der Waals surface area contributed by atoms with Crippen molar-refractivity contribution in [3.63, 3.8) is 0 Å². The van der Waals surface area contributed by atoms with Crippen molar-refractivity contribution in [3.05, 3.63) is 94.8 Å². The number of piperazine rings is 1. The Morgan fingerprint density at radius 3 is 2.35 bits per heavy atom. The lowest BCUT2D eigenvalue weighted by atomic mass is 10.1. The van der Waals surface area contributed by atoms with Gasteiger partial charge in [-0.3, -0.25) is 14.5 Å². The van der Waals surface area contributed by atoms with Gasteiger partial charge in [0, 0.05) is 49.5 Å². The van der Waals surface area contributed by atoms with Crippen molar-refractivity contribution in [3.8, 4) is 5.75 Å². The molecule has 6 nitrogen and oxygen atoms in total. The molecule has 1 heterocycles. The molecule has 3 aromatic rings. The Bertz CT molecular complexity index is 1170. The number of nitrogens with zero attached hydrogens (tertiary/aromatic N) is 2. The first-order chi connectivity index (χ1) is 16.4. The fourth-order valence-corrected chi connectivity index (χ4v) is 4.03.